The average Bonchev–Trinajstić information content (AvgIpc) is 2.76. The van der Waals surface area contributed by atoms with E-state index in [2.05, 4.69) is 30.0 Å². The van der Waals surface area contributed by atoms with Crippen LogP contribution in [0.2, 0.25) is 0 Å². The molecule has 1 aromatic rings. The summed E-state index contributed by atoms with van der Waals surface area (Å²) in [5.74, 6) is 2.67. The van der Waals surface area contributed by atoms with Crippen molar-refractivity contribution < 1.29 is 4.74 Å². The molecular formula is C16H24ClNO. The first-order valence-electron chi connectivity index (χ1n) is 7.21. The van der Waals surface area contributed by atoms with Crippen LogP contribution in [0.25, 0.3) is 0 Å². The fourth-order valence-electron chi connectivity index (χ4n) is 3.86. The van der Waals surface area contributed by atoms with Crippen LogP contribution in [0.1, 0.15) is 36.8 Å². The summed E-state index contributed by atoms with van der Waals surface area (Å²) in [5, 5.41) is 0. The number of ether oxygens (including phenoxy) is 1. The summed E-state index contributed by atoms with van der Waals surface area (Å²) < 4.78 is 5.57. The maximum absolute atomic E-state index is 5.57. The number of methoxy groups -OCH3 is 1. The van der Waals surface area contributed by atoms with Crippen LogP contribution in [0.3, 0.4) is 0 Å². The number of hydrogen-bond donors (Lipinski definition) is 0. The molecule has 1 saturated heterocycles. The Morgan fingerprint density at radius 1 is 1.37 bits per heavy atom. The minimum Gasteiger partial charge on any atom is -0.496 e. The third-order valence-corrected chi connectivity index (χ3v) is 4.59. The molecular weight excluding hydrogens is 258 g/mol. The molecule has 2 nitrogen and oxygen atoms in total. The zero-order valence-electron chi connectivity index (χ0n) is 11.9. The van der Waals surface area contributed by atoms with E-state index in [1.54, 1.807) is 7.11 Å². The summed E-state index contributed by atoms with van der Waals surface area (Å²) in [7, 11) is 1.80. The Labute approximate surface area is 122 Å². The summed E-state index contributed by atoms with van der Waals surface area (Å²) in [6.07, 6.45) is 3.82. The molecule has 0 saturated carbocycles. The fourth-order valence-corrected chi connectivity index (χ4v) is 3.86. The maximum Gasteiger partial charge on any atom is 0.122 e. The van der Waals surface area contributed by atoms with Crippen molar-refractivity contribution in [1.82, 2.24) is 4.90 Å². The van der Waals surface area contributed by atoms with E-state index in [1.165, 1.54) is 50.0 Å². The number of benzene rings is 1. The first-order chi connectivity index (χ1) is 8.83. The van der Waals surface area contributed by atoms with Crippen molar-refractivity contribution in [1.29, 1.82) is 0 Å². The molecule has 0 bridgehead atoms. The van der Waals surface area contributed by atoms with Gasteiger partial charge in [0.1, 0.15) is 5.75 Å². The molecule has 0 N–H and O–H groups in total. The highest BCUT2D eigenvalue weighted by molar-refractivity contribution is 5.85. The second-order valence-corrected chi connectivity index (χ2v) is 5.69. The fraction of sp³-hybridized carbons (Fsp3) is 0.625. The van der Waals surface area contributed by atoms with E-state index < -0.39 is 0 Å². The number of fused-ring (bicyclic) bond motifs is 3. The highest BCUT2D eigenvalue weighted by atomic mass is 35.5. The summed E-state index contributed by atoms with van der Waals surface area (Å²) in [6, 6.07) is 6.55. The van der Waals surface area contributed by atoms with Crippen LogP contribution in [0.4, 0.5) is 0 Å². The lowest BCUT2D eigenvalue weighted by Crippen LogP contribution is -2.38. The Balaban J connectivity index is 0.00000133. The van der Waals surface area contributed by atoms with E-state index in [9.17, 15) is 0 Å². The molecule has 0 spiro atoms. The minimum absolute atomic E-state index is 0. The number of halogens is 1. The van der Waals surface area contributed by atoms with E-state index in [-0.39, 0.29) is 12.4 Å². The molecule has 1 fully saturated rings. The third kappa shape index (κ3) is 2.61. The van der Waals surface area contributed by atoms with Crippen molar-refractivity contribution in [2.45, 2.75) is 32.1 Å². The molecule has 1 aliphatic carbocycles. The molecule has 0 radical (unpaired) electrons. The quantitative estimate of drug-likeness (QED) is 0.841. The maximum atomic E-state index is 5.57. The van der Waals surface area contributed by atoms with Gasteiger partial charge < -0.3 is 9.64 Å². The van der Waals surface area contributed by atoms with Gasteiger partial charge in [0.2, 0.25) is 0 Å². The average molecular weight is 282 g/mol. The zero-order valence-corrected chi connectivity index (χ0v) is 12.7. The predicted molar refractivity (Wildman–Crippen MR) is 81.5 cm³/mol. The van der Waals surface area contributed by atoms with Gasteiger partial charge in [0.15, 0.2) is 0 Å². The van der Waals surface area contributed by atoms with Crippen molar-refractivity contribution in [2.24, 2.45) is 5.92 Å². The van der Waals surface area contributed by atoms with Crippen LogP contribution in [-0.2, 0) is 6.42 Å². The van der Waals surface area contributed by atoms with Gasteiger partial charge in [0.05, 0.1) is 7.11 Å². The van der Waals surface area contributed by atoms with Crippen LogP contribution in [0.5, 0.6) is 5.75 Å². The normalized spacial score (nSPS) is 25.4. The van der Waals surface area contributed by atoms with Gasteiger partial charge in [-0.2, -0.15) is 0 Å². The van der Waals surface area contributed by atoms with Crippen LogP contribution in [0.15, 0.2) is 18.2 Å². The third-order valence-electron chi connectivity index (χ3n) is 4.59. The summed E-state index contributed by atoms with van der Waals surface area (Å²) >= 11 is 0. The lowest BCUT2D eigenvalue weighted by Gasteiger charge is -2.35. The molecule has 1 aliphatic heterocycles. The molecule has 0 amide bonds. The Morgan fingerprint density at radius 2 is 2.21 bits per heavy atom. The van der Waals surface area contributed by atoms with Gasteiger partial charge in [0, 0.05) is 12.1 Å². The van der Waals surface area contributed by atoms with Crippen molar-refractivity contribution in [2.75, 3.05) is 26.7 Å². The Bertz CT molecular complexity index is 435. The minimum atomic E-state index is 0. The molecule has 3 rings (SSSR count). The standard InChI is InChI=1S/C16H23NO.ClH/c1-3-8-17-9-7-14-13(11-17)10-12-5-4-6-15(18-2)16(12)14;/h4-6,13-14H,3,7-11H2,1-2H3;1H/t13-,14-;/m1./s1. The van der Waals surface area contributed by atoms with Gasteiger partial charge in [-0.3, -0.25) is 0 Å². The molecule has 19 heavy (non-hydrogen) atoms. The Hall–Kier alpha value is -0.730. The number of hydrogen-bond acceptors (Lipinski definition) is 2. The van der Waals surface area contributed by atoms with Gasteiger partial charge in [-0.15, -0.1) is 12.4 Å². The SMILES string of the molecule is CCCN1CC[C@H]2c3c(cccc3OC)C[C@@H]2C1.Cl. The zero-order chi connectivity index (χ0) is 12.5. The highest BCUT2D eigenvalue weighted by Gasteiger charge is 2.38. The van der Waals surface area contributed by atoms with E-state index in [0.29, 0.717) is 0 Å². The Kier molecular flexibility index (Phi) is 4.75. The topological polar surface area (TPSA) is 12.5 Å². The van der Waals surface area contributed by atoms with Crippen LogP contribution in [0, 0.1) is 5.92 Å². The van der Waals surface area contributed by atoms with Gasteiger partial charge >= 0.3 is 0 Å². The lowest BCUT2D eigenvalue weighted by atomic mass is 9.85. The van der Waals surface area contributed by atoms with Gasteiger partial charge in [0.25, 0.3) is 0 Å². The summed E-state index contributed by atoms with van der Waals surface area (Å²) in [5.41, 5.74) is 3.05. The number of nitrogens with zero attached hydrogens (tertiary/aromatic N) is 1. The monoisotopic (exact) mass is 281 g/mol. The largest absolute Gasteiger partial charge is 0.496 e. The molecule has 1 heterocycles. The second kappa shape index (κ2) is 6.15. The smallest absolute Gasteiger partial charge is 0.122 e. The molecule has 1 aromatic carbocycles. The highest BCUT2D eigenvalue weighted by Crippen LogP contribution is 2.46. The van der Waals surface area contributed by atoms with Crippen molar-refractivity contribution in [3.63, 3.8) is 0 Å². The van der Waals surface area contributed by atoms with Gasteiger partial charge in [-0.05, 0) is 55.8 Å². The molecule has 106 valence electrons. The van der Waals surface area contributed by atoms with E-state index in [1.807, 2.05) is 0 Å². The number of rotatable bonds is 3. The van der Waals surface area contributed by atoms with E-state index >= 15 is 0 Å². The Morgan fingerprint density at radius 3 is 2.95 bits per heavy atom. The number of likely N-dealkylation sites (tertiary alicyclic amines) is 1. The first kappa shape index (κ1) is 14.7. The van der Waals surface area contributed by atoms with Gasteiger partial charge in [-0.1, -0.05) is 19.1 Å². The molecule has 2 atom stereocenters. The van der Waals surface area contributed by atoms with E-state index in [4.69, 9.17) is 4.74 Å². The van der Waals surface area contributed by atoms with Crippen molar-refractivity contribution >= 4 is 12.4 Å². The molecule has 3 heteroatoms. The van der Waals surface area contributed by atoms with Crippen LogP contribution in [-0.4, -0.2) is 31.6 Å². The molecule has 0 unspecified atom stereocenters. The van der Waals surface area contributed by atoms with Gasteiger partial charge in [-0.25, -0.2) is 0 Å². The molecule has 2 aliphatic rings. The molecule has 0 aromatic heterocycles. The lowest BCUT2D eigenvalue weighted by molar-refractivity contribution is 0.162. The second-order valence-electron chi connectivity index (χ2n) is 5.69. The van der Waals surface area contributed by atoms with E-state index in [0.717, 1.165) is 17.6 Å². The number of piperidine rings is 1. The van der Waals surface area contributed by atoms with Crippen LogP contribution < -0.4 is 4.74 Å². The predicted octanol–water partition coefficient (Wildman–Crippen LogP) is 3.49. The summed E-state index contributed by atoms with van der Waals surface area (Å²) in [4.78, 5) is 2.64. The van der Waals surface area contributed by atoms with Crippen molar-refractivity contribution in [3.05, 3.63) is 29.3 Å². The van der Waals surface area contributed by atoms with Crippen molar-refractivity contribution in [3.8, 4) is 5.75 Å². The summed E-state index contributed by atoms with van der Waals surface area (Å²) in [6.45, 7) is 6.07. The first-order valence-corrected chi connectivity index (χ1v) is 7.21. The van der Waals surface area contributed by atoms with Crippen LogP contribution >= 0.6 is 12.4 Å².